The molecule has 3 aromatic rings. The number of allylic oxidation sites excluding steroid dienone is 1. The lowest BCUT2D eigenvalue weighted by molar-refractivity contribution is -0.113. The zero-order valence-electron chi connectivity index (χ0n) is 19.7. The fourth-order valence-corrected chi connectivity index (χ4v) is 8.00. The van der Waals surface area contributed by atoms with E-state index in [0.29, 0.717) is 22.3 Å². The van der Waals surface area contributed by atoms with Crippen LogP contribution in [0.2, 0.25) is 0 Å². The fourth-order valence-electron chi connectivity index (χ4n) is 4.83. The van der Waals surface area contributed by atoms with Gasteiger partial charge in [-0.3, -0.25) is 9.36 Å². The maximum atomic E-state index is 12.9. The third-order valence-electron chi connectivity index (χ3n) is 6.48. The van der Waals surface area contributed by atoms with Crippen LogP contribution in [0.5, 0.6) is 0 Å². The molecule has 0 aromatic carbocycles. The Morgan fingerprint density at radius 3 is 2.66 bits per heavy atom. The van der Waals surface area contributed by atoms with Gasteiger partial charge in [0.2, 0.25) is 5.91 Å². The Morgan fingerprint density at radius 2 is 1.89 bits per heavy atom. The zero-order chi connectivity index (χ0) is 24.4. The Hall–Kier alpha value is -2.43. The van der Waals surface area contributed by atoms with Gasteiger partial charge >= 0.3 is 5.97 Å². The minimum absolute atomic E-state index is 0.167. The number of nitrogens with zero attached hydrogens (tertiary/aromatic N) is 3. The number of anilines is 1. The molecule has 0 unspecified atom stereocenters. The number of carbonyl (C=O) groups excluding carboxylic acids is 2. The van der Waals surface area contributed by atoms with Crippen LogP contribution in [0.25, 0.3) is 11.4 Å². The number of rotatable bonds is 8. The number of thioether (sulfide) groups is 1. The highest BCUT2D eigenvalue weighted by Crippen LogP contribution is 2.39. The average molecular weight is 529 g/mol. The van der Waals surface area contributed by atoms with Crippen LogP contribution in [0.15, 0.2) is 23.2 Å². The van der Waals surface area contributed by atoms with E-state index < -0.39 is 0 Å². The SMILES string of the molecule is C=CCn1c(SCC(=O)Nc2sc3c(c2C(=O)OC)CCCC3)nnc1-c1csc2c1CCCC2. The summed E-state index contributed by atoms with van der Waals surface area (Å²) in [6.45, 7) is 4.47. The highest BCUT2D eigenvalue weighted by Gasteiger charge is 2.27. The van der Waals surface area contributed by atoms with Gasteiger partial charge in [0.15, 0.2) is 11.0 Å². The van der Waals surface area contributed by atoms with Crippen LogP contribution in [0.4, 0.5) is 5.00 Å². The van der Waals surface area contributed by atoms with Crippen LogP contribution >= 0.6 is 34.4 Å². The molecule has 0 bridgehead atoms. The van der Waals surface area contributed by atoms with Crippen molar-refractivity contribution < 1.29 is 14.3 Å². The second-order valence-electron chi connectivity index (χ2n) is 8.71. The first-order chi connectivity index (χ1) is 17.1. The topological polar surface area (TPSA) is 86.1 Å². The number of nitrogens with one attached hydrogen (secondary N) is 1. The van der Waals surface area contributed by atoms with E-state index in [2.05, 4.69) is 27.5 Å². The first kappa shape index (κ1) is 24.3. The molecular formula is C25H28N4O3S3. The number of ether oxygens (including phenoxy) is 1. The minimum atomic E-state index is -0.387. The van der Waals surface area contributed by atoms with Crippen LogP contribution in [-0.2, 0) is 41.8 Å². The van der Waals surface area contributed by atoms with E-state index >= 15 is 0 Å². The molecule has 10 heteroatoms. The van der Waals surface area contributed by atoms with E-state index in [1.807, 2.05) is 10.6 Å². The summed E-state index contributed by atoms with van der Waals surface area (Å²) in [5.41, 5.74) is 4.10. The van der Waals surface area contributed by atoms with Gasteiger partial charge in [-0.05, 0) is 62.5 Å². The van der Waals surface area contributed by atoms with Gasteiger partial charge in [-0.2, -0.15) is 0 Å². The first-order valence-corrected chi connectivity index (χ1v) is 14.6. The van der Waals surface area contributed by atoms with Gasteiger partial charge in [-0.15, -0.1) is 39.4 Å². The van der Waals surface area contributed by atoms with Crippen molar-refractivity contribution in [2.75, 3.05) is 18.2 Å². The molecule has 5 rings (SSSR count). The third-order valence-corrected chi connectivity index (χ3v) is 9.74. The quantitative estimate of drug-likeness (QED) is 0.235. The second kappa shape index (κ2) is 10.7. The summed E-state index contributed by atoms with van der Waals surface area (Å²) in [4.78, 5) is 28.0. The van der Waals surface area contributed by atoms with Crippen molar-refractivity contribution in [1.82, 2.24) is 14.8 Å². The molecule has 0 aliphatic heterocycles. The largest absolute Gasteiger partial charge is 0.465 e. The molecule has 0 saturated heterocycles. The molecule has 0 saturated carbocycles. The monoisotopic (exact) mass is 528 g/mol. The van der Waals surface area contributed by atoms with Crippen molar-refractivity contribution in [3.05, 3.63) is 44.5 Å². The summed E-state index contributed by atoms with van der Waals surface area (Å²) in [6.07, 6.45) is 10.4. The summed E-state index contributed by atoms with van der Waals surface area (Å²) in [5, 5.41) is 15.3. The van der Waals surface area contributed by atoms with Crippen molar-refractivity contribution in [1.29, 1.82) is 0 Å². The predicted molar refractivity (Wildman–Crippen MR) is 142 cm³/mol. The van der Waals surface area contributed by atoms with Crippen molar-refractivity contribution >= 4 is 51.3 Å². The summed E-state index contributed by atoms with van der Waals surface area (Å²) in [6, 6.07) is 0. The van der Waals surface area contributed by atoms with E-state index in [-0.39, 0.29) is 17.6 Å². The maximum absolute atomic E-state index is 12.9. The van der Waals surface area contributed by atoms with Crippen molar-refractivity contribution in [3.8, 4) is 11.4 Å². The number of aromatic nitrogens is 3. The average Bonchev–Trinajstić information content (AvgIpc) is 3.57. The highest BCUT2D eigenvalue weighted by atomic mass is 32.2. The molecule has 0 spiro atoms. The minimum Gasteiger partial charge on any atom is -0.465 e. The van der Waals surface area contributed by atoms with Gasteiger partial charge in [0.05, 0.1) is 18.4 Å². The van der Waals surface area contributed by atoms with E-state index in [1.165, 1.54) is 58.4 Å². The van der Waals surface area contributed by atoms with Crippen LogP contribution in [-0.4, -0.2) is 39.5 Å². The number of hydrogen-bond acceptors (Lipinski definition) is 8. The molecule has 2 aliphatic rings. The van der Waals surface area contributed by atoms with Gasteiger partial charge in [0, 0.05) is 27.2 Å². The molecule has 3 heterocycles. The molecule has 35 heavy (non-hydrogen) atoms. The Balaban J connectivity index is 1.33. The number of carbonyl (C=O) groups is 2. The molecule has 1 amide bonds. The molecule has 7 nitrogen and oxygen atoms in total. The summed E-state index contributed by atoms with van der Waals surface area (Å²) < 4.78 is 7.05. The van der Waals surface area contributed by atoms with Gasteiger partial charge in [-0.1, -0.05) is 17.8 Å². The lowest BCUT2D eigenvalue weighted by Crippen LogP contribution is -2.17. The smallest absolute Gasteiger partial charge is 0.341 e. The highest BCUT2D eigenvalue weighted by molar-refractivity contribution is 7.99. The van der Waals surface area contributed by atoms with Crippen molar-refractivity contribution in [2.24, 2.45) is 0 Å². The second-order valence-corrected chi connectivity index (χ2v) is 11.7. The normalized spacial score (nSPS) is 14.8. The Bertz CT molecular complexity index is 1270. The van der Waals surface area contributed by atoms with Crippen molar-refractivity contribution in [2.45, 2.75) is 63.1 Å². The predicted octanol–water partition coefficient (Wildman–Crippen LogP) is 5.53. The number of methoxy groups -OCH3 is 1. The van der Waals surface area contributed by atoms with Crippen LogP contribution in [0.1, 0.15) is 56.9 Å². The van der Waals surface area contributed by atoms with Gasteiger partial charge in [0.1, 0.15) is 5.00 Å². The fraction of sp³-hybridized carbons (Fsp3) is 0.440. The molecule has 2 aliphatic carbocycles. The lowest BCUT2D eigenvalue weighted by Gasteiger charge is -2.13. The van der Waals surface area contributed by atoms with E-state index in [4.69, 9.17) is 4.74 Å². The summed E-state index contributed by atoms with van der Waals surface area (Å²) in [5.74, 6) is 0.439. The molecule has 0 atom stereocenters. The molecule has 3 aromatic heterocycles. The van der Waals surface area contributed by atoms with Crippen LogP contribution in [0.3, 0.4) is 0 Å². The van der Waals surface area contributed by atoms with E-state index in [9.17, 15) is 9.59 Å². The molecule has 0 fully saturated rings. The van der Waals surface area contributed by atoms with Crippen LogP contribution in [0, 0.1) is 0 Å². The van der Waals surface area contributed by atoms with Crippen LogP contribution < -0.4 is 5.32 Å². The van der Waals surface area contributed by atoms with Gasteiger partial charge in [-0.25, -0.2) is 4.79 Å². The number of thiophene rings is 2. The van der Waals surface area contributed by atoms with Crippen molar-refractivity contribution in [3.63, 3.8) is 0 Å². The summed E-state index contributed by atoms with van der Waals surface area (Å²) >= 11 is 4.65. The van der Waals surface area contributed by atoms with Gasteiger partial charge < -0.3 is 10.1 Å². The summed E-state index contributed by atoms with van der Waals surface area (Å²) in [7, 11) is 1.38. The molecule has 1 N–H and O–H groups in total. The Morgan fingerprint density at radius 1 is 1.14 bits per heavy atom. The number of fused-ring (bicyclic) bond motifs is 2. The maximum Gasteiger partial charge on any atom is 0.341 e. The molecular weight excluding hydrogens is 501 g/mol. The number of amides is 1. The Labute approximate surface area is 217 Å². The molecule has 0 radical (unpaired) electrons. The standard InChI is InChI=1S/C25H28N4O3S3/c1-3-12-29-22(17-13-33-18-10-6-4-8-15(17)18)27-28-25(29)34-14-20(30)26-23-21(24(31)32-2)16-9-5-7-11-19(16)35-23/h3,13H,1,4-12,14H2,2H3,(H,26,30). The van der Waals surface area contributed by atoms with E-state index in [0.717, 1.165) is 55.5 Å². The van der Waals surface area contributed by atoms with Gasteiger partial charge in [0.25, 0.3) is 0 Å². The number of esters is 1. The zero-order valence-corrected chi connectivity index (χ0v) is 22.2. The first-order valence-electron chi connectivity index (χ1n) is 11.9. The number of hydrogen-bond donors (Lipinski definition) is 1. The molecule has 184 valence electrons. The Kier molecular flexibility index (Phi) is 7.40. The lowest BCUT2D eigenvalue weighted by atomic mass is 9.95. The van der Waals surface area contributed by atoms with E-state index in [1.54, 1.807) is 11.3 Å². The third kappa shape index (κ3) is 4.83. The number of aryl methyl sites for hydroxylation is 2.